The van der Waals surface area contributed by atoms with Crippen LogP contribution in [-0.4, -0.2) is 17.0 Å². The molecule has 0 spiro atoms. The molecule has 0 aliphatic heterocycles. The molecule has 1 N–H and O–H groups in total. The first-order chi connectivity index (χ1) is 10.1. The summed E-state index contributed by atoms with van der Waals surface area (Å²) in [6.45, 7) is 2.02. The largest absolute Gasteiger partial charge is 0.341 e. The second-order valence-electron chi connectivity index (χ2n) is 4.61. The molecule has 0 aliphatic rings. The molecule has 0 unspecified atom stereocenters. The van der Waals surface area contributed by atoms with E-state index in [0.29, 0.717) is 0 Å². The fraction of sp³-hybridized carbons (Fsp3) is 0.176. The predicted molar refractivity (Wildman–Crippen MR) is 82.1 cm³/mol. The zero-order valence-electron chi connectivity index (χ0n) is 11.7. The molecule has 2 rings (SSSR count). The summed E-state index contributed by atoms with van der Waals surface area (Å²) in [7, 11) is 0. The van der Waals surface area contributed by atoms with Crippen LogP contribution in [0, 0.1) is 12.3 Å². The van der Waals surface area contributed by atoms with Gasteiger partial charge in [-0.25, -0.2) is 0 Å². The standard InChI is InChI=1S/C17H16N2O2/c1-3-11-18-16(20)15-10-7-12-19(17(15)21)13(2)14-8-5-4-6-9-14/h1,4-10,12-13H,11H2,2H3,(H,18,20)/t13-/m0/s1. The molecule has 2 aromatic rings. The molecule has 1 aromatic heterocycles. The third-order valence-electron chi connectivity index (χ3n) is 3.27. The average molecular weight is 280 g/mol. The van der Waals surface area contributed by atoms with Crippen molar-refractivity contribution < 1.29 is 4.79 Å². The van der Waals surface area contributed by atoms with Crippen LogP contribution in [0.25, 0.3) is 0 Å². The van der Waals surface area contributed by atoms with Gasteiger partial charge in [-0.1, -0.05) is 36.3 Å². The number of carbonyl (C=O) groups is 1. The molecule has 0 fully saturated rings. The Morgan fingerprint density at radius 3 is 2.67 bits per heavy atom. The van der Waals surface area contributed by atoms with Crippen molar-refractivity contribution in [2.24, 2.45) is 0 Å². The van der Waals surface area contributed by atoms with Gasteiger partial charge in [0.2, 0.25) is 0 Å². The third kappa shape index (κ3) is 3.21. The van der Waals surface area contributed by atoms with Crippen molar-refractivity contribution in [3.05, 3.63) is 70.1 Å². The quantitative estimate of drug-likeness (QED) is 0.869. The van der Waals surface area contributed by atoms with Crippen LogP contribution >= 0.6 is 0 Å². The Morgan fingerprint density at radius 2 is 2.00 bits per heavy atom. The maximum Gasteiger partial charge on any atom is 0.263 e. The highest BCUT2D eigenvalue weighted by Crippen LogP contribution is 2.15. The van der Waals surface area contributed by atoms with Crippen molar-refractivity contribution in [1.82, 2.24) is 9.88 Å². The number of hydrogen-bond donors (Lipinski definition) is 1. The lowest BCUT2D eigenvalue weighted by Gasteiger charge is -2.16. The summed E-state index contributed by atoms with van der Waals surface area (Å²) in [5.41, 5.74) is 0.764. The minimum atomic E-state index is -0.451. The predicted octanol–water partition coefficient (Wildman–Crippen LogP) is 1.82. The number of pyridine rings is 1. The van der Waals surface area contributed by atoms with Gasteiger partial charge < -0.3 is 9.88 Å². The fourth-order valence-electron chi connectivity index (χ4n) is 2.11. The van der Waals surface area contributed by atoms with Gasteiger partial charge in [0.15, 0.2) is 0 Å². The van der Waals surface area contributed by atoms with Crippen LogP contribution in [0.5, 0.6) is 0 Å². The number of terminal acetylenes is 1. The summed E-state index contributed by atoms with van der Waals surface area (Å²) < 4.78 is 1.54. The van der Waals surface area contributed by atoms with E-state index in [0.717, 1.165) is 5.56 Å². The molecule has 1 atom stereocenters. The molecule has 0 saturated heterocycles. The van der Waals surface area contributed by atoms with Gasteiger partial charge in [-0.3, -0.25) is 9.59 Å². The molecule has 0 aliphatic carbocycles. The molecule has 4 heteroatoms. The fourth-order valence-corrected chi connectivity index (χ4v) is 2.11. The summed E-state index contributed by atoms with van der Waals surface area (Å²) in [6.07, 6.45) is 6.78. The van der Waals surface area contributed by atoms with Crippen molar-refractivity contribution >= 4 is 5.91 Å². The first-order valence-electron chi connectivity index (χ1n) is 6.63. The molecule has 21 heavy (non-hydrogen) atoms. The molecule has 0 saturated carbocycles. The maximum atomic E-state index is 12.4. The molecule has 1 aromatic carbocycles. The average Bonchev–Trinajstić information content (AvgIpc) is 2.53. The highest BCUT2D eigenvalue weighted by Gasteiger charge is 2.15. The number of benzene rings is 1. The first-order valence-corrected chi connectivity index (χ1v) is 6.63. The number of nitrogens with one attached hydrogen (secondary N) is 1. The van der Waals surface area contributed by atoms with E-state index in [1.807, 2.05) is 37.3 Å². The summed E-state index contributed by atoms with van der Waals surface area (Å²) in [6, 6.07) is 12.7. The van der Waals surface area contributed by atoms with Gasteiger partial charge in [0.05, 0.1) is 12.6 Å². The third-order valence-corrected chi connectivity index (χ3v) is 3.27. The van der Waals surface area contributed by atoms with Crippen LogP contribution in [0.3, 0.4) is 0 Å². The second kappa shape index (κ2) is 6.58. The van der Waals surface area contributed by atoms with Gasteiger partial charge in [-0.15, -0.1) is 6.42 Å². The molecule has 106 valence electrons. The van der Waals surface area contributed by atoms with Crippen molar-refractivity contribution in [2.75, 3.05) is 6.54 Å². The van der Waals surface area contributed by atoms with E-state index in [1.165, 1.54) is 6.07 Å². The lowest BCUT2D eigenvalue weighted by Crippen LogP contribution is -2.34. The van der Waals surface area contributed by atoms with Crippen molar-refractivity contribution in [2.45, 2.75) is 13.0 Å². The van der Waals surface area contributed by atoms with Gasteiger partial charge in [0, 0.05) is 6.20 Å². The van der Waals surface area contributed by atoms with E-state index in [4.69, 9.17) is 6.42 Å². The van der Waals surface area contributed by atoms with Gasteiger partial charge in [0.1, 0.15) is 5.56 Å². The monoisotopic (exact) mass is 280 g/mol. The number of aromatic nitrogens is 1. The summed E-state index contributed by atoms with van der Waals surface area (Å²) >= 11 is 0. The number of nitrogens with zero attached hydrogens (tertiary/aromatic N) is 1. The van der Waals surface area contributed by atoms with Gasteiger partial charge >= 0.3 is 0 Å². The topological polar surface area (TPSA) is 51.1 Å². The Balaban J connectivity index is 2.37. The Hall–Kier alpha value is -2.80. The van der Waals surface area contributed by atoms with Crippen LogP contribution in [0.1, 0.15) is 28.9 Å². The number of amides is 1. The molecule has 0 bridgehead atoms. The second-order valence-corrected chi connectivity index (χ2v) is 4.61. The van der Waals surface area contributed by atoms with Crippen molar-refractivity contribution in [3.63, 3.8) is 0 Å². The Bertz CT molecular complexity index is 726. The Labute approximate surface area is 123 Å². The van der Waals surface area contributed by atoms with Crippen molar-refractivity contribution in [1.29, 1.82) is 0 Å². The molecule has 1 amide bonds. The number of rotatable bonds is 4. The van der Waals surface area contributed by atoms with E-state index in [1.54, 1.807) is 16.8 Å². The zero-order valence-corrected chi connectivity index (χ0v) is 11.7. The molecular weight excluding hydrogens is 264 g/mol. The van der Waals surface area contributed by atoms with Gasteiger partial charge in [0.25, 0.3) is 11.5 Å². The lowest BCUT2D eigenvalue weighted by atomic mass is 10.1. The van der Waals surface area contributed by atoms with E-state index in [-0.39, 0.29) is 23.7 Å². The van der Waals surface area contributed by atoms with E-state index in [2.05, 4.69) is 11.2 Å². The van der Waals surface area contributed by atoms with Gasteiger partial charge in [-0.2, -0.15) is 0 Å². The van der Waals surface area contributed by atoms with E-state index in [9.17, 15) is 9.59 Å². The van der Waals surface area contributed by atoms with Gasteiger partial charge in [-0.05, 0) is 24.6 Å². The first kappa shape index (κ1) is 14.6. The summed E-state index contributed by atoms with van der Waals surface area (Å²) in [5, 5.41) is 2.51. The minimum Gasteiger partial charge on any atom is -0.341 e. The number of carbonyl (C=O) groups excluding carboxylic acids is 1. The summed E-state index contributed by atoms with van der Waals surface area (Å²) in [5.74, 6) is 1.86. The van der Waals surface area contributed by atoms with Crippen LogP contribution < -0.4 is 10.9 Å². The SMILES string of the molecule is C#CCNC(=O)c1cccn([C@@H](C)c2ccccc2)c1=O. The Morgan fingerprint density at radius 1 is 1.29 bits per heavy atom. The van der Waals surface area contributed by atoms with Crippen LogP contribution in [0.15, 0.2) is 53.5 Å². The van der Waals surface area contributed by atoms with Crippen LogP contribution in [0.2, 0.25) is 0 Å². The van der Waals surface area contributed by atoms with Crippen molar-refractivity contribution in [3.8, 4) is 12.3 Å². The number of hydrogen-bond acceptors (Lipinski definition) is 2. The zero-order chi connectivity index (χ0) is 15.2. The lowest BCUT2D eigenvalue weighted by molar-refractivity contribution is 0.0956. The normalized spacial score (nSPS) is 11.4. The molecule has 4 nitrogen and oxygen atoms in total. The molecule has 0 radical (unpaired) electrons. The smallest absolute Gasteiger partial charge is 0.263 e. The highest BCUT2D eigenvalue weighted by molar-refractivity contribution is 5.93. The van der Waals surface area contributed by atoms with E-state index >= 15 is 0 Å². The maximum absolute atomic E-state index is 12.4. The molecule has 1 heterocycles. The highest BCUT2D eigenvalue weighted by atomic mass is 16.2. The van der Waals surface area contributed by atoms with Crippen LogP contribution in [0.4, 0.5) is 0 Å². The molecular formula is C17H16N2O2. The van der Waals surface area contributed by atoms with E-state index < -0.39 is 5.91 Å². The summed E-state index contributed by atoms with van der Waals surface area (Å²) in [4.78, 5) is 24.4. The Kier molecular flexibility index (Phi) is 4.57. The minimum absolute atomic E-state index is 0.0931. The van der Waals surface area contributed by atoms with Crippen LogP contribution in [-0.2, 0) is 0 Å².